The van der Waals surface area contributed by atoms with Crippen molar-refractivity contribution in [2.75, 3.05) is 42.3 Å². The first-order valence-electron chi connectivity index (χ1n) is 12.4. The number of rotatable bonds is 15. The summed E-state index contributed by atoms with van der Waals surface area (Å²) < 4.78 is 12.6. The molecule has 2 rings (SSSR count). The highest BCUT2D eigenvalue weighted by Gasteiger charge is 2.21. The molecule has 0 saturated carbocycles. The zero-order valence-corrected chi connectivity index (χ0v) is 21.3. The third-order valence-electron chi connectivity index (χ3n) is 5.47. The van der Waals surface area contributed by atoms with Crippen LogP contribution < -0.4 is 36.7 Å². The van der Waals surface area contributed by atoms with E-state index in [9.17, 15) is 14.4 Å². The van der Waals surface area contributed by atoms with Gasteiger partial charge in [0.1, 0.15) is 23.0 Å². The monoisotopic (exact) mass is 489 g/mol. The number of anilines is 3. The van der Waals surface area contributed by atoms with Crippen LogP contribution in [0.2, 0.25) is 0 Å². The summed E-state index contributed by atoms with van der Waals surface area (Å²) in [4.78, 5) is 42.3. The summed E-state index contributed by atoms with van der Waals surface area (Å²) >= 11 is 0. The van der Waals surface area contributed by atoms with E-state index in [0.29, 0.717) is 43.5 Å². The molecule has 0 aliphatic rings. The average molecular weight is 490 g/mol. The lowest BCUT2D eigenvalue weighted by molar-refractivity contribution is -0.115. The molecule has 0 aliphatic carbocycles. The van der Waals surface area contributed by atoms with Gasteiger partial charge in [-0.3, -0.25) is 19.1 Å². The van der Waals surface area contributed by atoms with Crippen LogP contribution in [0.4, 0.5) is 17.2 Å². The Morgan fingerprint density at radius 1 is 1.06 bits per heavy atom. The van der Waals surface area contributed by atoms with E-state index in [-0.39, 0.29) is 24.0 Å². The second kappa shape index (κ2) is 14.1. The Kier molecular flexibility index (Phi) is 11.2. The minimum absolute atomic E-state index is 0.0739. The molecule has 0 aliphatic heterocycles. The quantitative estimate of drug-likeness (QED) is 0.327. The number of hydrogen-bond donors (Lipinski definition) is 3. The summed E-state index contributed by atoms with van der Waals surface area (Å²) in [6, 6.07) is 5.23. The average Bonchev–Trinajstić information content (AvgIpc) is 2.80. The van der Waals surface area contributed by atoms with Gasteiger partial charge in [0.15, 0.2) is 0 Å². The molecule has 1 aromatic heterocycles. The highest BCUT2D eigenvalue weighted by molar-refractivity contribution is 5.96. The molecule has 2 aromatic rings. The molecule has 10 nitrogen and oxygen atoms in total. The van der Waals surface area contributed by atoms with Crippen molar-refractivity contribution in [1.29, 1.82) is 0 Å². The van der Waals surface area contributed by atoms with Crippen molar-refractivity contribution in [1.82, 2.24) is 9.55 Å². The number of ether oxygens (including phenoxy) is 2. The zero-order chi connectivity index (χ0) is 25.8. The van der Waals surface area contributed by atoms with Gasteiger partial charge < -0.3 is 25.4 Å². The van der Waals surface area contributed by atoms with Crippen LogP contribution >= 0.6 is 0 Å². The Morgan fingerprint density at radius 2 is 1.77 bits per heavy atom. The van der Waals surface area contributed by atoms with Crippen molar-refractivity contribution in [3.05, 3.63) is 39.0 Å². The third kappa shape index (κ3) is 7.80. The van der Waals surface area contributed by atoms with Crippen molar-refractivity contribution < 1.29 is 14.3 Å². The fourth-order valence-corrected chi connectivity index (χ4v) is 3.75. The van der Waals surface area contributed by atoms with E-state index in [1.165, 1.54) is 4.57 Å². The SMILES string of the molecule is CCCCCN(CC(=O)Nc1cc(OCC)ccc1OCC)c1c(N)n(CCCC)c(=O)[nH]c1=O. The van der Waals surface area contributed by atoms with Crippen molar-refractivity contribution in [2.24, 2.45) is 0 Å². The van der Waals surface area contributed by atoms with Crippen LogP contribution in [-0.4, -0.2) is 41.8 Å². The topological polar surface area (TPSA) is 132 Å². The summed E-state index contributed by atoms with van der Waals surface area (Å²) in [5.41, 5.74) is 5.78. The Morgan fingerprint density at radius 3 is 2.43 bits per heavy atom. The molecular formula is C25H39N5O5. The van der Waals surface area contributed by atoms with Crippen molar-refractivity contribution in [2.45, 2.75) is 66.3 Å². The van der Waals surface area contributed by atoms with Gasteiger partial charge in [-0.1, -0.05) is 33.1 Å². The predicted molar refractivity (Wildman–Crippen MR) is 140 cm³/mol. The molecule has 194 valence electrons. The van der Waals surface area contributed by atoms with E-state index < -0.39 is 11.2 Å². The lowest BCUT2D eigenvalue weighted by atomic mass is 10.2. The maximum atomic E-state index is 13.1. The second-order valence-electron chi connectivity index (χ2n) is 8.20. The van der Waals surface area contributed by atoms with Crippen LogP contribution in [0.25, 0.3) is 0 Å². The molecule has 0 atom stereocenters. The summed E-state index contributed by atoms with van der Waals surface area (Å²) in [5, 5.41) is 2.88. The number of carbonyl (C=O) groups excluding carboxylic acids is 1. The number of nitrogens with zero attached hydrogens (tertiary/aromatic N) is 2. The highest BCUT2D eigenvalue weighted by Crippen LogP contribution is 2.29. The van der Waals surface area contributed by atoms with Gasteiger partial charge in [0.05, 0.1) is 25.4 Å². The van der Waals surface area contributed by atoms with Gasteiger partial charge in [-0.05, 0) is 38.8 Å². The van der Waals surface area contributed by atoms with Gasteiger partial charge in [0.2, 0.25) is 5.91 Å². The molecule has 10 heteroatoms. The van der Waals surface area contributed by atoms with Gasteiger partial charge in [-0.2, -0.15) is 0 Å². The minimum atomic E-state index is -0.599. The van der Waals surface area contributed by atoms with Gasteiger partial charge in [-0.25, -0.2) is 4.79 Å². The zero-order valence-electron chi connectivity index (χ0n) is 21.3. The molecule has 1 amide bonds. The van der Waals surface area contributed by atoms with Gasteiger partial charge in [0.25, 0.3) is 5.56 Å². The number of H-pyrrole nitrogens is 1. The number of aromatic nitrogens is 2. The summed E-state index contributed by atoms with van der Waals surface area (Å²) in [6.45, 7) is 9.46. The number of amides is 1. The molecule has 1 aromatic carbocycles. The molecule has 0 radical (unpaired) electrons. The first kappa shape index (κ1) is 27.8. The highest BCUT2D eigenvalue weighted by atomic mass is 16.5. The molecule has 0 spiro atoms. The first-order chi connectivity index (χ1) is 16.9. The van der Waals surface area contributed by atoms with E-state index in [2.05, 4.69) is 17.2 Å². The number of hydrogen-bond acceptors (Lipinski definition) is 7. The molecule has 0 saturated heterocycles. The number of benzene rings is 1. The Labute approximate surface area is 206 Å². The summed E-state index contributed by atoms with van der Waals surface area (Å²) in [5.74, 6) is 0.855. The summed E-state index contributed by atoms with van der Waals surface area (Å²) in [6.07, 6.45) is 4.27. The van der Waals surface area contributed by atoms with E-state index in [4.69, 9.17) is 15.2 Å². The maximum absolute atomic E-state index is 13.1. The normalized spacial score (nSPS) is 10.7. The van der Waals surface area contributed by atoms with E-state index >= 15 is 0 Å². The van der Waals surface area contributed by atoms with Crippen LogP contribution in [0.5, 0.6) is 11.5 Å². The third-order valence-corrected chi connectivity index (χ3v) is 5.47. The Bertz CT molecular complexity index is 1080. The fourth-order valence-electron chi connectivity index (χ4n) is 3.75. The first-order valence-corrected chi connectivity index (χ1v) is 12.4. The number of carbonyl (C=O) groups is 1. The van der Waals surface area contributed by atoms with Crippen molar-refractivity contribution >= 4 is 23.1 Å². The van der Waals surface area contributed by atoms with E-state index in [1.54, 1.807) is 23.1 Å². The molecular weight excluding hydrogens is 450 g/mol. The second-order valence-corrected chi connectivity index (χ2v) is 8.20. The van der Waals surface area contributed by atoms with Crippen LogP contribution in [0.15, 0.2) is 27.8 Å². The largest absolute Gasteiger partial charge is 0.494 e. The Balaban J connectivity index is 2.37. The Hall–Kier alpha value is -3.43. The molecule has 4 N–H and O–H groups in total. The van der Waals surface area contributed by atoms with Crippen molar-refractivity contribution in [3.8, 4) is 11.5 Å². The molecule has 0 fully saturated rings. The number of nitrogens with one attached hydrogen (secondary N) is 2. The number of nitrogen functional groups attached to an aromatic ring is 1. The molecule has 1 heterocycles. The smallest absolute Gasteiger partial charge is 0.330 e. The van der Waals surface area contributed by atoms with Crippen LogP contribution in [0.3, 0.4) is 0 Å². The van der Waals surface area contributed by atoms with E-state index in [1.807, 2.05) is 20.8 Å². The number of unbranched alkanes of at least 4 members (excludes halogenated alkanes) is 3. The fraction of sp³-hybridized carbons (Fsp3) is 0.560. The van der Waals surface area contributed by atoms with Gasteiger partial charge >= 0.3 is 5.69 Å². The number of nitrogens with two attached hydrogens (primary N) is 1. The summed E-state index contributed by atoms with van der Waals surface area (Å²) in [7, 11) is 0. The molecule has 35 heavy (non-hydrogen) atoms. The molecule has 0 bridgehead atoms. The van der Waals surface area contributed by atoms with Gasteiger partial charge in [-0.15, -0.1) is 0 Å². The maximum Gasteiger partial charge on any atom is 0.330 e. The number of aromatic amines is 1. The van der Waals surface area contributed by atoms with Gasteiger partial charge in [0, 0.05) is 19.2 Å². The lowest BCUT2D eigenvalue weighted by Crippen LogP contribution is -2.42. The van der Waals surface area contributed by atoms with Crippen LogP contribution in [-0.2, 0) is 11.3 Å². The van der Waals surface area contributed by atoms with E-state index in [0.717, 1.165) is 32.1 Å². The van der Waals surface area contributed by atoms with Crippen LogP contribution in [0.1, 0.15) is 59.8 Å². The lowest BCUT2D eigenvalue weighted by Gasteiger charge is -2.26. The van der Waals surface area contributed by atoms with Crippen molar-refractivity contribution in [3.63, 3.8) is 0 Å². The van der Waals surface area contributed by atoms with Crippen LogP contribution in [0, 0.1) is 0 Å². The minimum Gasteiger partial charge on any atom is -0.494 e. The predicted octanol–water partition coefficient (Wildman–Crippen LogP) is 3.35. The molecule has 0 unspecified atom stereocenters. The standard InChI is InChI=1S/C25H39N5O5/c1-5-9-11-14-29(22-23(26)30(15-10-6-2)25(33)28-24(22)32)17-21(31)27-19-16-18(34-7-3)12-13-20(19)35-8-4/h12-13,16H,5-11,14-15,17,26H2,1-4H3,(H,27,31)(H,28,32,33).